The van der Waals surface area contributed by atoms with Crippen molar-refractivity contribution < 1.29 is 0 Å². The van der Waals surface area contributed by atoms with Crippen LogP contribution in [0, 0.1) is 6.92 Å². The summed E-state index contributed by atoms with van der Waals surface area (Å²) in [6.07, 6.45) is 4.15. The summed E-state index contributed by atoms with van der Waals surface area (Å²) in [5.41, 5.74) is 10.4. The quantitative estimate of drug-likeness (QED) is 0.739. The average Bonchev–Trinajstić information content (AvgIpc) is 2.90. The van der Waals surface area contributed by atoms with E-state index in [1.54, 1.807) is 12.5 Å². The minimum atomic E-state index is -0.120. The number of rotatable bonds is 6. The number of benzene rings is 1. The third-order valence-corrected chi connectivity index (χ3v) is 3.08. The van der Waals surface area contributed by atoms with Crippen molar-refractivity contribution >= 4 is 0 Å². The van der Waals surface area contributed by atoms with Crippen molar-refractivity contribution in [2.45, 2.75) is 25.9 Å². The van der Waals surface area contributed by atoms with E-state index in [2.05, 4.69) is 53.1 Å². The first kappa shape index (κ1) is 13.4. The molecule has 0 amide bonds. The summed E-state index contributed by atoms with van der Waals surface area (Å²) in [4.78, 5) is 7.02. The van der Waals surface area contributed by atoms with E-state index < -0.39 is 0 Å². The number of aryl methyl sites for hydroxylation is 1. The Kier molecular flexibility index (Phi) is 4.36. The Morgan fingerprint density at radius 3 is 2.79 bits per heavy atom. The van der Waals surface area contributed by atoms with E-state index in [0.29, 0.717) is 6.42 Å². The van der Waals surface area contributed by atoms with Crippen LogP contribution in [0.15, 0.2) is 49.1 Å². The predicted molar refractivity (Wildman–Crippen MR) is 77.4 cm³/mol. The monoisotopic (exact) mass is 256 g/mol. The highest BCUT2D eigenvalue weighted by molar-refractivity contribution is 5.22. The van der Waals surface area contributed by atoms with Crippen molar-refractivity contribution in [2.24, 2.45) is 5.73 Å². The minimum Gasteiger partial charge on any atom is -0.383 e. The lowest BCUT2D eigenvalue weighted by atomic mass is 10.1. The Labute approximate surface area is 113 Å². The number of aromatic nitrogens is 2. The maximum atomic E-state index is 6.09. The van der Waals surface area contributed by atoms with Gasteiger partial charge in [0.05, 0.1) is 6.33 Å². The van der Waals surface area contributed by atoms with Gasteiger partial charge in [0.15, 0.2) is 0 Å². The van der Waals surface area contributed by atoms with Crippen LogP contribution in [0.1, 0.15) is 16.8 Å². The predicted octanol–water partition coefficient (Wildman–Crippen LogP) is 1.89. The molecule has 0 fully saturated rings. The van der Waals surface area contributed by atoms with Gasteiger partial charge in [-0.25, -0.2) is 4.98 Å². The standard InChI is InChI=1S/C15H20N4/c1-11-3-5-13(6-4-11)8-18-12(2)15(16)7-14-9-17-10-19-14/h3-6,9-10,15,18H,2,7-8,16H2,1H3,(H,17,19). The van der Waals surface area contributed by atoms with Crippen molar-refractivity contribution in [3.05, 3.63) is 65.9 Å². The van der Waals surface area contributed by atoms with Gasteiger partial charge >= 0.3 is 0 Å². The molecule has 0 radical (unpaired) electrons. The lowest BCUT2D eigenvalue weighted by molar-refractivity contribution is 0.661. The van der Waals surface area contributed by atoms with Gasteiger partial charge in [-0.3, -0.25) is 0 Å². The second kappa shape index (κ2) is 6.20. The molecular formula is C15H20N4. The third-order valence-electron chi connectivity index (χ3n) is 3.08. The highest BCUT2D eigenvalue weighted by Gasteiger charge is 2.08. The van der Waals surface area contributed by atoms with Crippen LogP contribution in [0.2, 0.25) is 0 Å². The first-order valence-corrected chi connectivity index (χ1v) is 6.36. The maximum Gasteiger partial charge on any atom is 0.0921 e. The zero-order valence-corrected chi connectivity index (χ0v) is 11.2. The summed E-state index contributed by atoms with van der Waals surface area (Å²) in [6.45, 7) is 6.82. The molecule has 1 atom stereocenters. The lowest BCUT2D eigenvalue weighted by Crippen LogP contribution is -2.32. The van der Waals surface area contributed by atoms with Gasteiger partial charge in [0.2, 0.25) is 0 Å². The first-order valence-electron chi connectivity index (χ1n) is 6.36. The summed E-state index contributed by atoms with van der Waals surface area (Å²) in [6, 6.07) is 8.30. The molecular weight excluding hydrogens is 236 g/mol. The molecule has 0 saturated heterocycles. The fourth-order valence-corrected chi connectivity index (χ4v) is 1.81. The third kappa shape index (κ3) is 3.96. The highest BCUT2D eigenvalue weighted by Crippen LogP contribution is 2.06. The van der Waals surface area contributed by atoms with Crippen molar-refractivity contribution in [2.75, 3.05) is 0 Å². The van der Waals surface area contributed by atoms with Crippen molar-refractivity contribution in [1.82, 2.24) is 15.3 Å². The van der Waals surface area contributed by atoms with Crippen LogP contribution < -0.4 is 11.1 Å². The molecule has 1 heterocycles. The van der Waals surface area contributed by atoms with Gasteiger partial charge in [-0.1, -0.05) is 36.4 Å². The van der Waals surface area contributed by atoms with Crippen LogP contribution in [-0.4, -0.2) is 16.0 Å². The number of nitrogens with zero attached hydrogens (tertiary/aromatic N) is 1. The minimum absolute atomic E-state index is 0.120. The van der Waals surface area contributed by atoms with Crippen LogP contribution in [0.3, 0.4) is 0 Å². The highest BCUT2D eigenvalue weighted by atomic mass is 14.9. The molecule has 1 unspecified atom stereocenters. The Morgan fingerprint density at radius 1 is 1.42 bits per heavy atom. The molecule has 0 aliphatic carbocycles. The normalized spacial score (nSPS) is 12.1. The van der Waals surface area contributed by atoms with Gasteiger partial charge in [0.1, 0.15) is 0 Å². The Hall–Kier alpha value is -2.07. The van der Waals surface area contributed by atoms with E-state index in [1.807, 2.05) is 0 Å². The molecule has 0 aliphatic rings. The number of H-pyrrole nitrogens is 1. The van der Waals surface area contributed by atoms with E-state index in [-0.39, 0.29) is 6.04 Å². The first-order chi connectivity index (χ1) is 9.15. The number of imidazole rings is 1. The number of hydrogen-bond donors (Lipinski definition) is 3. The van der Waals surface area contributed by atoms with Gasteiger partial charge in [-0.05, 0) is 12.5 Å². The summed E-state index contributed by atoms with van der Waals surface area (Å²) in [5.74, 6) is 0. The molecule has 0 saturated carbocycles. The Balaban J connectivity index is 1.82. The largest absolute Gasteiger partial charge is 0.383 e. The molecule has 0 bridgehead atoms. The second-order valence-corrected chi connectivity index (χ2v) is 4.75. The maximum absolute atomic E-state index is 6.09. The summed E-state index contributed by atoms with van der Waals surface area (Å²) >= 11 is 0. The van der Waals surface area contributed by atoms with Crippen LogP contribution in [0.4, 0.5) is 0 Å². The van der Waals surface area contributed by atoms with E-state index in [0.717, 1.165) is 17.9 Å². The van der Waals surface area contributed by atoms with Gasteiger partial charge in [0, 0.05) is 36.6 Å². The van der Waals surface area contributed by atoms with Crippen molar-refractivity contribution in [3.8, 4) is 0 Å². The van der Waals surface area contributed by atoms with Gasteiger partial charge < -0.3 is 16.0 Å². The van der Waals surface area contributed by atoms with E-state index in [4.69, 9.17) is 5.73 Å². The molecule has 1 aromatic heterocycles. The molecule has 1 aromatic carbocycles. The summed E-state index contributed by atoms with van der Waals surface area (Å²) in [5, 5.41) is 3.28. The van der Waals surface area contributed by atoms with Crippen LogP contribution in [-0.2, 0) is 13.0 Å². The van der Waals surface area contributed by atoms with Crippen LogP contribution in [0.25, 0.3) is 0 Å². The zero-order chi connectivity index (χ0) is 13.7. The molecule has 19 heavy (non-hydrogen) atoms. The smallest absolute Gasteiger partial charge is 0.0921 e. The van der Waals surface area contributed by atoms with Crippen molar-refractivity contribution in [1.29, 1.82) is 0 Å². The zero-order valence-electron chi connectivity index (χ0n) is 11.2. The summed E-state index contributed by atoms with van der Waals surface area (Å²) in [7, 11) is 0. The fourth-order valence-electron chi connectivity index (χ4n) is 1.81. The van der Waals surface area contributed by atoms with Gasteiger partial charge in [0.25, 0.3) is 0 Å². The molecule has 4 N–H and O–H groups in total. The van der Waals surface area contributed by atoms with Gasteiger partial charge in [-0.2, -0.15) is 0 Å². The molecule has 4 heteroatoms. The summed E-state index contributed by atoms with van der Waals surface area (Å²) < 4.78 is 0. The molecule has 2 aromatic rings. The van der Waals surface area contributed by atoms with E-state index >= 15 is 0 Å². The Bertz CT molecular complexity index is 514. The number of aromatic amines is 1. The fraction of sp³-hybridized carbons (Fsp3) is 0.267. The van der Waals surface area contributed by atoms with Gasteiger partial charge in [-0.15, -0.1) is 0 Å². The Morgan fingerprint density at radius 2 is 2.16 bits per heavy atom. The average molecular weight is 256 g/mol. The lowest BCUT2D eigenvalue weighted by Gasteiger charge is -2.16. The van der Waals surface area contributed by atoms with E-state index in [1.165, 1.54) is 11.1 Å². The number of nitrogens with one attached hydrogen (secondary N) is 2. The molecule has 2 rings (SSSR count). The second-order valence-electron chi connectivity index (χ2n) is 4.75. The molecule has 100 valence electrons. The molecule has 0 spiro atoms. The van der Waals surface area contributed by atoms with Crippen LogP contribution in [0.5, 0.6) is 0 Å². The number of nitrogens with two attached hydrogens (primary N) is 1. The SMILES string of the molecule is C=C(NCc1ccc(C)cc1)C(N)Cc1cnc[nH]1. The van der Waals surface area contributed by atoms with E-state index in [9.17, 15) is 0 Å². The number of hydrogen-bond acceptors (Lipinski definition) is 3. The van der Waals surface area contributed by atoms with Crippen LogP contribution >= 0.6 is 0 Å². The topological polar surface area (TPSA) is 66.7 Å². The molecule has 0 aliphatic heterocycles. The molecule has 4 nitrogen and oxygen atoms in total. The van der Waals surface area contributed by atoms with Crippen molar-refractivity contribution in [3.63, 3.8) is 0 Å².